The number of hydrogen-bond acceptors (Lipinski definition) is 2. The molecule has 0 saturated carbocycles. The number of hydrogen-bond donors (Lipinski definition) is 2. The summed E-state index contributed by atoms with van der Waals surface area (Å²) in [4.78, 5) is 10.3. The van der Waals surface area contributed by atoms with Gasteiger partial charge in [-0.25, -0.2) is 4.79 Å². The Bertz CT molecular complexity index is 180. The number of carboxylic acid groups (broad SMARTS) is 1. The first-order valence-electron chi connectivity index (χ1n) is 3.40. The highest BCUT2D eigenvalue weighted by Gasteiger charge is 2.04. The van der Waals surface area contributed by atoms with Crippen molar-refractivity contribution in [2.75, 3.05) is 0 Å². The molecule has 11 heavy (non-hydrogen) atoms. The van der Waals surface area contributed by atoms with E-state index in [0.717, 1.165) is 0 Å². The molecule has 0 amide bonds. The normalized spacial score (nSPS) is 12.3. The molecule has 3 nitrogen and oxygen atoms in total. The highest BCUT2D eigenvalue weighted by molar-refractivity contribution is 5.86. The van der Waals surface area contributed by atoms with Gasteiger partial charge in [-0.2, -0.15) is 0 Å². The van der Waals surface area contributed by atoms with Crippen LogP contribution >= 0.6 is 0 Å². The van der Waals surface area contributed by atoms with E-state index in [2.05, 4.69) is 0 Å². The molecule has 0 fully saturated rings. The number of aliphatic hydroxyl groups is 1. The van der Waals surface area contributed by atoms with Crippen LogP contribution in [0.15, 0.2) is 24.0 Å². The minimum absolute atomic E-state index is 0.0445. The van der Waals surface area contributed by atoms with E-state index in [1.807, 2.05) is 19.1 Å². The average molecular weight is 156 g/mol. The molecule has 0 saturated heterocycles. The second kappa shape index (κ2) is 5.53. The summed E-state index contributed by atoms with van der Waals surface area (Å²) in [6.07, 6.45) is 5.36. The lowest BCUT2D eigenvalue weighted by atomic mass is 10.1. The number of carboxylic acids is 1. The molecule has 3 heteroatoms. The van der Waals surface area contributed by atoms with Gasteiger partial charge >= 0.3 is 5.97 Å². The lowest BCUT2D eigenvalue weighted by molar-refractivity contribution is -0.132. The predicted molar refractivity (Wildman–Crippen MR) is 42.4 cm³/mol. The fourth-order valence-corrected chi connectivity index (χ4v) is 0.632. The maximum absolute atomic E-state index is 10.3. The first kappa shape index (κ1) is 9.75. The van der Waals surface area contributed by atoms with Crippen LogP contribution in [-0.4, -0.2) is 16.2 Å². The van der Waals surface area contributed by atoms with Crippen molar-refractivity contribution in [1.29, 1.82) is 0 Å². The zero-order valence-electron chi connectivity index (χ0n) is 6.45. The molecule has 0 aliphatic carbocycles. The van der Waals surface area contributed by atoms with Crippen molar-refractivity contribution in [1.82, 2.24) is 0 Å². The third kappa shape index (κ3) is 4.19. The lowest BCUT2D eigenvalue weighted by Gasteiger charge is -1.95. The average Bonchev–Trinajstić information content (AvgIpc) is 1.97. The van der Waals surface area contributed by atoms with Crippen LogP contribution in [0.5, 0.6) is 0 Å². The summed E-state index contributed by atoms with van der Waals surface area (Å²) in [5.41, 5.74) is 0.0445. The molecule has 0 unspecified atom stereocenters. The first-order chi connectivity index (χ1) is 5.22. The van der Waals surface area contributed by atoms with Crippen molar-refractivity contribution in [3.8, 4) is 0 Å². The second-order valence-electron chi connectivity index (χ2n) is 2.07. The van der Waals surface area contributed by atoms with Crippen LogP contribution in [0.25, 0.3) is 0 Å². The summed E-state index contributed by atoms with van der Waals surface area (Å²) in [7, 11) is 0. The van der Waals surface area contributed by atoms with Crippen molar-refractivity contribution in [3.05, 3.63) is 24.0 Å². The van der Waals surface area contributed by atoms with Gasteiger partial charge in [0.15, 0.2) is 0 Å². The molecule has 62 valence electrons. The quantitative estimate of drug-likeness (QED) is 0.371. The molecule has 0 heterocycles. The summed E-state index contributed by atoms with van der Waals surface area (Å²) in [6.45, 7) is 1.86. The monoisotopic (exact) mass is 156 g/mol. The van der Waals surface area contributed by atoms with Gasteiger partial charge in [-0.05, 0) is 19.8 Å². The molecule has 0 aromatic heterocycles. The van der Waals surface area contributed by atoms with Gasteiger partial charge in [0.25, 0.3) is 0 Å². The topological polar surface area (TPSA) is 57.5 Å². The Kier molecular flexibility index (Phi) is 4.90. The summed E-state index contributed by atoms with van der Waals surface area (Å²) < 4.78 is 0. The second-order valence-corrected chi connectivity index (χ2v) is 2.07. The molecule has 2 N–H and O–H groups in total. The van der Waals surface area contributed by atoms with Crippen LogP contribution in [-0.2, 0) is 4.79 Å². The number of rotatable bonds is 4. The molecular weight excluding hydrogens is 144 g/mol. The number of allylic oxidation sites excluding steroid dienone is 2. The van der Waals surface area contributed by atoms with Gasteiger partial charge in [0.1, 0.15) is 0 Å². The molecular formula is C8H12O3. The Hall–Kier alpha value is -1.25. The summed E-state index contributed by atoms with van der Waals surface area (Å²) in [5.74, 6) is -1.06. The Morgan fingerprint density at radius 3 is 2.55 bits per heavy atom. The molecule has 0 aromatic carbocycles. The van der Waals surface area contributed by atoms with Crippen molar-refractivity contribution in [3.63, 3.8) is 0 Å². The first-order valence-corrected chi connectivity index (χ1v) is 3.40. The van der Waals surface area contributed by atoms with Crippen LogP contribution in [0.4, 0.5) is 0 Å². The van der Waals surface area contributed by atoms with E-state index in [4.69, 9.17) is 10.2 Å². The van der Waals surface area contributed by atoms with Crippen molar-refractivity contribution in [2.45, 2.75) is 19.8 Å². The van der Waals surface area contributed by atoms with E-state index in [1.54, 1.807) is 0 Å². The zero-order valence-corrected chi connectivity index (χ0v) is 6.45. The van der Waals surface area contributed by atoms with Gasteiger partial charge in [-0.15, -0.1) is 0 Å². The molecule has 0 rings (SSSR count). The molecule has 0 aliphatic rings. The van der Waals surface area contributed by atoms with E-state index in [0.29, 0.717) is 19.1 Å². The third-order valence-electron chi connectivity index (χ3n) is 1.25. The van der Waals surface area contributed by atoms with Crippen LogP contribution in [0.1, 0.15) is 19.8 Å². The van der Waals surface area contributed by atoms with Crippen LogP contribution in [0.3, 0.4) is 0 Å². The minimum Gasteiger partial charge on any atom is -0.515 e. The van der Waals surface area contributed by atoms with Crippen LogP contribution < -0.4 is 0 Å². The fourth-order valence-electron chi connectivity index (χ4n) is 0.632. The molecule has 0 bridgehead atoms. The maximum Gasteiger partial charge on any atom is 0.334 e. The maximum atomic E-state index is 10.3. The number of aliphatic hydroxyl groups excluding tert-OH is 1. The van der Waals surface area contributed by atoms with Crippen molar-refractivity contribution >= 4 is 5.97 Å². The van der Waals surface area contributed by atoms with Crippen molar-refractivity contribution in [2.24, 2.45) is 0 Å². The van der Waals surface area contributed by atoms with Gasteiger partial charge in [0.05, 0.1) is 11.8 Å². The van der Waals surface area contributed by atoms with Crippen LogP contribution in [0, 0.1) is 0 Å². The van der Waals surface area contributed by atoms with Gasteiger partial charge in [0, 0.05) is 0 Å². The van der Waals surface area contributed by atoms with E-state index in [1.165, 1.54) is 0 Å². The molecule has 0 atom stereocenters. The highest BCUT2D eigenvalue weighted by atomic mass is 16.4. The number of carbonyl (C=O) groups is 1. The van der Waals surface area contributed by atoms with Crippen molar-refractivity contribution < 1.29 is 15.0 Å². The van der Waals surface area contributed by atoms with Gasteiger partial charge in [-0.3, -0.25) is 0 Å². The molecule has 0 aliphatic heterocycles. The Morgan fingerprint density at radius 1 is 1.55 bits per heavy atom. The Morgan fingerprint density at radius 2 is 2.18 bits per heavy atom. The Labute approximate surface area is 65.7 Å². The fraction of sp³-hybridized carbons (Fsp3) is 0.375. The lowest BCUT2D eigenvalue weighted by Crippen LogP contribution is -1.99. The minimum atomic E-state index is -1.06. The van der Waals surface area contributed by atoms with Gasteiger partial charge in [-0.1, -0.05) is 12.2 Å². The summed E-state index contributed by atoms with van der Waals surface area (Å²) in [6, 6.07) is 0. The summed E-state index contributed by atoms with van der Waals surface area (Å²) in [5, 5.41) is 16.8. The highest BCUT2D eigenvalue weighted by Crippen LogP contribution is 2.04. The van der Waals surface area contributed by atoms with Gasteiger partial charge in [0.2, 0.25) is 0 Å². The van der Waals surface area contributed by atoms with E-state index in [9.17, 15) is 4.79 Å². The van der Waals surface area contributed by atoms with Gasteiger partial charge < -0.3 is 10.2 Å². The molecule has 0 radical (unpaired) electrons. The predicted octanol–water partition coefficient (Wildman–Crippen LogP) is 1.87. The van der Waals surface area contributed by atoms with Crippen LogP contribution in [0.2, 0.25) is 0 Å². The number of aliphatic carboxylic acids is 1. The third-order valence-corrected chi connectivity index (χ3v) is 1.25. The largest absolute Gasteiger partial charge is 0.515 e. The Balaban J connectivity index is 3.82. The summed E-state index contributed by atoms with van der Waals surface area (Å²) >= 11 is 0. The standard InChI is InChI=1S/C8H12O3/c1-2-3-4-5-7(6-9)8(10)11/h2-3,6,9H,4-5H2,1H3,(H,10,11)/b3-2-,7-6-. The molecule has 0 spiro atoms. The van der Waals surface area contributed by atoms with E-state index < -0.39 is 5.97 Å². The van der Waals surface area contributed by atoms with E-state index in [-0.39, 0.29) is 5.57 Å². The van der Waals surface area contributed by atoms with E-state index >= 15 is 0 Å². The zero-order chi connectivity index (χ0) is 8.69. The SMILES string of the molecule is C/C=C\CC/C(=C/O)C(=O)O. The smallest absolute Gasteiger partial charge is 0.334 e. The molecule has 0 aromatic rings.